The number of H-pyrrole nitrogens is 1. The summed E-state index contributed by atoms with van der Waals surface area (Å²) in [5, 5.41) is 0.753. The lowest BCUT2D eigenvalue weighted by Gasteiger charge is -2.34. The molecule has 2 atom stereocenters. The second-order valence-corrected chi connectivity index (χ2v) is 11.8. The van der Waals surface area contributed by atoms with Crippen molar-refractivity contribution in [3.63, 3.8) is 0 Å². The third-order valence-corrected chi connectivity index (χ3v) is 9.09. The molecule has 0 aromatic carbocycles. The summed E-state index contributed by atoms with van der Waals surface area (Å²) in [6, 6.07) is 5.77. The number of nitrogens with one attached hydrogen (secondary N) is 1. The summed E-state index contributed by atoms with van der Waals surface area (Å²) >= 11 is 0. The molecule has 1 N–H and O–H groups in total. The lowest BCUT2D eigenvalue weighted by Crippen LogP contribution is -2.44. The monoisotopic (exact) mass is 513 g/mol. The number of likely N-dealkylation sites (tertiary alicyclic amines) is 1. The van der Waals surface area contributed by atoms with Crippen molar-refractivity contribution in [1.82, 2.24) is 24.8 Å². The van der Waals surface area contributed by atoms with Gasteiger partial charge in [0.1, 0.15) is 11.5 Å². The first-order chi connectivity index (χ1) is 17.4. The van der Waals surface area contributed by atoms with Gasteiger partial charge in [0.2, 0.25) is 0 Å². The fourth-order valence-corrected chi connectivity index (χ4v) is 6.52. The van der Waals surface area contributed by atoms with E-state index in [0.29, 0.717) is 57.3 Å². The molecule has 3 aromatic heterocycles. The van der Waals surface area contributed by atoms with E-state index in [2.05, 4.69) is 21.8 Å². The van der Waals surface area contributed by atoms with E-state index in [1.165, 1.54) is 7.11 Å². The summed E-state index contributed by atoms with van der Waals surface area (Å²) in [5.74, 6) is 1.62. The zero-order valence-electron chi connectivity index (χ0n) is 20.7. The van der Waals surface area contributed by atoms with Crippen molar-refractivity contribution >= 4 is 38.5 Å². The number of aromatic nitrogens is 4. The van der Waals surface area contributed by atoms with E-state index < -0.39 is 9.73 Å². The van der Waals surface area contributed by atoms with E-state index in [0.717, 1.165) is 22.4 Å². The number of ether oxygens (including phenoxy) is 2. The zero-order valence-corrected chi connectivity index (χ0v) is 21.5. The van der Waals surface area contributed by atoms with Crippen molar-refractivity contribution in [3.8, 4) is 11.4 Å². The Morgan fingerprint density at radius 2 is 2.06 bits per heavy atom. The summed E-state index contributed by atoms with van der Waals surface area (Å²) in [7, 11) is -1.27. The molecule has 2 unspecified atom stereocenters. The maximum atomic E-state index is 13.8. The Morgan fingerprint density at radius 3 is 2.81 bits per heavy atom. The lowest BCUT2D eigenvalue weighted by atomic mass is 10.1. The average Bonchev–Trinajstić information content (AvgIpc) is 3.37. The summed E-state index contributed by atoms with van der Waals surface area (Å²) in [6.45, 7) is 4.98. The van der Waals surface area contributed by atoms with E-state index in [1.807, 2.05) is 24.4 Å². The van der Waals surface area contributed by atoms with E-state index in [-0.39, 0.29) is 17.4 Å². The van der Waals surface area contributed by atoms with Gasteiger partial charge >= 0.3 is 6.09 Å². The molecule has 1 amide bonds. The molecule has 5 rings (SSSR count). The maximum absolute atomic E-state index is 13.8. The fraction of sp³-hybridized carbons (Fsp3) is 0.500. The smallest absolute Gasteiger partial charge is 0.409 e. The van der Waals surface area contributed by atoms with E-state index in [1.54, 1.807) is 17.4 Å². The van der Waals surface area contributed by atoms with Gasteiger partial charge in [-0.25, -0.2) is 24.0 Å². The van der Waals surface area contributed by atoms with Crippen LogP contribution in [0.4, 0.5) is 16.4 Å². The van der Waals surface area contributed by atoms with Crippen molar-refractivity contribution in [2.24, 2.45) is 4.36 Å². The highest BCUT2D eigenvalue weighted by molar-refractivity contribution is 7.93. The minimum absolute atomic E-state index is 0.132. The van der Waals surface area contributed by atoms with Crippen molar-refractivity contribution < 1.29 is 18.5 Å². The zero-order chi connectivity index (χ0) is 25.3. The molecule has 0 spiro atoms. The quantitative estimate of drug-likeness (QED) is 0.564. The molecule has 0 radical (unpaired) electrons. The Bertz CT molecular complexity index is 1380. The number of morpholine rings is 1. The van der Waals surface area contributed by atoms with Crippen molar-refractivity contribution in [3.05, 3.63) is 30.6 Å². The van der Waals surface area contributed by atoms with Crippen LogP contribution in [0.15, 0.2) is 35.0 Å². The highest BCUT2D eigenvalue weighted by Crippen LogP contribution is 2.31. The van der Waals surface area contributed by atoms with Crippen LogP contribution in [-0.2, 0) is 19.2 Å². The molecule has 2 saturated heterocycles. The number of piperidine rings is 1. The highest BCUT2D eigenvalue weighted by atomic mass is 32.2. The number of nitrogens with zero attached hydrogens (tertiary/aromatic N) is 6. The molecule has 36 heavy (non-hydrogen) atoms. The van der Waals surface area contributed by atoms with Gasteiger partial charge < -0.3 is 24.3 Å². The number of fused-ring (bicyclic) bond motifs is 1. The largest absolute Gasteiger partial charge is 0.453 e. The number of anilines is 1. The predicted molar refractivity (Wildman–Crippen MR) is 138 cm³/mol. The lowest BCUT2D eigenvalue weighted by molar-refractivity contribution is 0.0985. The SMILES string of the molecule is COC(=O)N1CCC(S(C)(=O)=Nc2cc(N3CCOCC3C)nc(-c3ccnc4[nH]ccc34)n2)CC1. The molecule has 5 heterocycles. The van der Waals surface area contributed by atoms with Crippen LogP contribution in [0.25, 0.3) is 22.4 Å². The molecular weight excluding hydrogens is 482 g/mol. The minimum atomic E-state index is -2.64. The number of pyridine rings is 1. The summed E-state index contributed by atoms with van der Waals surface area (Å²) < 4.78 is 29.0. The van der Waals surface area contributed by atoms with Crippen LogP contribution >= 0.6 is 0 Å². The number of aromatic amines is 1. The topological polar surface area (TPSA) is 126 Å². The first kappa shape index (κ1) is 24.4. The van der Waals surface area contributed by atoms with Gasteiger partial charge in [-0.1, -0.05) is 0 Å². The molecule has 11 nitrogen and oxygen atoms in total. The van der Waals surface area contributed by atoms with Gasteiger partial charge in [-0.2, -0.15) is 4.36 Å². The van der Waals surface area contributed by atoms with Gasteiger partial charge in [-0.05, 0) is 31.9 Å². The Hall–Kier alpha value is -3.25. The van der Waals surface area contributed by atoms with Crippen LogP contribution in [-0.4, -0.2) is 92.6 Å². The number of hydrogen-bond acceptors (Lipinski definition) is 9. The van der Waals surface area contributed by atoms with Gasteiger partial charge in [-0.3, -0.25) is 0 Å². The van der Waals surface area contributed by atoms with Gasteiger partial charge in [0.25, 0.3) is 0 Å². The number of carbonyl (C=O) groups excluding carboxylic acids is 1. The fourth-order valence-electron chi connectivity index (χ4n) is 4.82. The maximum Gasteiger partial charge on any atom is 0.409 e. The van der Waals surface area contributed by atoms with Crippen molar-refractivity contribution in [2.45, 2.75) is 31.1 Å². The number of methoxy groups -OCH3 is 1. The second-order valence-electron chi connectivity index (χ2n) is 9.23. The molecule has 2 aliphatic rings. The third kappa shape index (κ3) is 4.87. The van der Waals surface area contributed by atoms with E-state index in [9.17, 15) is 9.00 Å². The normalized spacial score (nSPS) is 20.8. The van der Waals surface area contributed by atoms with Crippen LogP contribution in [0, 0.1) is 0 Å². The number of hydrogen-bond donors (Lipinski definition) is 1. The number of amides is 1. The third-order valence-electron chi connectivity index (χ3n) is 6.83. The molecule has 2 fully saturated rings. The predicted octanol–water partition coefficient (Wildman–Crippen LogP) is 3.21. The van der Waals surface area contributed by atoms with Crippen LogP contribution in [0.1, 0.15) is 19.8 Å². The second kappa shape index (κ2) is 10.0. The summed E-state index contributed by atoms with van der Waals surface area (Å²) in [5.41, 5.74) is 1.57. The Balaban J connectivity index is 1.54. The van der Waals surface area contributed by atoms with Crippen LogP contribution < -0.4 is 4.90 Å². The molecule has 0 bridgehead atoms. The molecule has 0 saturated carbocycles. The van der Waals surface area contributed by atoms with Gasteiger partial charge in [0.05, 0.1) is 36.1 Å². The van der Waals surface area contributed by atoms with Gasteiger partial charge in [0.15, 0.2) is 11.6 Å². The van der Waals surface area contributed by atoms with E-state index in [4.69, 9.17) is 23.8 Å². The Morgan fingerprint density at radius 1 is 1.25 bits per heavy atom. The first-order valence-electron chi connectivity index (χ1n) is 12.1. The van der Waals surface area contributed by atoms with Gasteiger partial charge in [0, 0.05) is 60.5 Å². The van der Waals surface area contributed by atoms with Crippen LogP contribution in [0.2, 0.25) is 0 Å². The number of carbonyl (C=O) groups is 1. The Kier molecular flexibility index (Phi) is 6.80. The van der Waals surface area contributed by atoms with E-state index >= 15 is 0 Å². The number of rotatable bonds is 4. The standard InChI is InChI=1S/C24H31N7O4S/c1-16-15-35-13-12-31(16)21-14-20(27-23(28-21)19-5-9-26-22-18(19)4-8-25-22)29-36(3,33)17-6-10-30(11-7-17)24(32)34-2/h4-5,8-9,14,16-17H,6-7,10-13,15H2,1-3H3,(H,25,26). The molecular formula is C24H31N7O4S. The Labute approximate surface area is 210 Å². The van der Waals surface area contributed by atoms with Crippen molar-refractivity contribution in [2.75, 3.05) is 51.1 Å². The highest BCUT2D eigenvalue weighted by Gasteiger charge is 2.29. The summed E-state index contributed by atoms with van der Waals surface area (Å²) in [4.78, 5) is 32.8. The first-order valence-corrected chi connectivity index (χ1v) is 14.0. The molecule has 192 valence electrons. The molecule has 2 aliphatic heterocycles. The van der Waals surface area contributed by atoms with Crippen molar-refractivity contribution in [1.29, 1.82) is 0 Å². The molecule has 0 aliphatic carbocycles. The molecule has 12 heteroatoms. The molecule has 3 aromatic rings. The van der Waals surface area contributed by atoms with Gasteiger partial charge in [-0.15, -0.1) is 0 Å². The van der Waals surface area contributed by atoms with Crippen LogP contribution in [0.3, 0.4) is 0 Å². The van der Waals surface area contributed by atoms with Crippen LogP contribution in [0.5, 0.6) is 0 Å². The minimum Gasteiger partial charge on any atom is -0.453 e. The average molecular weight is 514 g/mol. The summed E-state index contributed by atoms with van der Waals surface area (Å²) in [6.07, 6.45) is 6.06.